The van der Waals surface area contributed by atoms with Gasteiger partial charge in [0, 0.05) is 6.04 Å². The molecule has 0 saturated carbocycles. The number of nitrogens with zero attached hydrogens (tertiary/aromatic N) is 2. The van der Waals surface area contributed by atoms with Crippen LogP contribution in [0.4, 0.5) is 0 Å². The van der Waals surface area contributed by atoms with E-state index in [0.717, 1.165) is 5.52 Å². The van der Waals surface area contributed by atoms with Crippen LogP contribution in [0.1, 0.15) is 12.2 Å². The van der Waals surface area contributed by atoms with Gasteiger partial charge in [-0.1, -0.05) is 23.9 Å². The molecule has 1 unspecified atom stereocenters. The summed E-state index contributed by atoms with van der Waals surface area (Å²) in [5.74, 6) is 0.676. The van der Waals surface area contributed by atoms with E-state index in [4.69, 9.17) is 8.83 Å². The van der Waals surface area contributed by atoms with E-state index in [2.05, 4.69) is 4.98 Å². The SMILES string of the molecule is O=C(CSc1nc2ccccc2o1)N(Cc1ccco1)C1CCS(=O)(=O)C1. The first-order valence-electron chi connectivity index (χ1n) is 8.51. The second-order valence-corrected chi connectivity index (χ2v) is 9.55. The summed E-state index contributed by atoms with van der Waals surface area (Å²) in [4.78, 5) is 18.8. The Morgan fingerprint density at radius 2 is 2.11 bits per heavy atom. The van der Waals surface area contributed by atoms with Gasteiger partial charge in [0.25, 0.3) is 5.22 Å². The van der Waals surface area contributed by atoms with Gasteiger partial charge >= 0.3 is 0 Å². The molecule has 2 aromatic heterocycles. The smallest absolute Gasteiger partial charge is 0.257 e. The predicted molar refractivity (Wildman–Crippen MR) is 101 cm³/mol. The number of amides is 1. The standard InChI is InChI=1S/C18H18N2O5S2/c21-17(11-26-18-19-15-5-1-2-6-16(15)25-18)20(10-14-4-3-8-24-14)13-7-9-27(22,23)12-13/h1-6,8,13H,7,9-12H2. The van der Waals surface area contributed by atoms with Gasteiger partial charge in [0.15, 0.2) is 15.4 Å². The van der Waals surface area contributed by atoms with Gasteiger partial charge in [-0.2, -0.15) is 0 Å². The lowest BCUT2D eigenvalue weighted by Crippen LogP contribution is -2.41. The monoisotopic (exact) mass is 406 g/mol. The molecule has 1 aromatic carbocycles. The maximum atomic E-state index is 12.9. The number of fused-ring (bicyclic) bond motifs is 1. The summed E-state index contributed by atoms with van der Waals surface area (Å²) in [6.45, 7) is 0.250. The molecule has 1 fully saturated rings. The lowest BCUT2D eigenvalue weighted by molar-refractivity contribution is -0.131. The molecule has 1 aliphatic heterocycles. The Labute approximate surface area is 160 Å². The zero-order chi connectivity index (χ0) is 18.9. The second kappa shape index (κ2) is 7.40. The molecule has 27 heavy (non-hydrogen) atoms. The zero-order valence-electron chi connectivity index (χ0n) is 14.4. The molecule has 0 bridgehead atoms. The van der Waals surface area contributed by atoms with Crippen molar-refractivity contribution in [2.45, 2.75) is 24.2 Å². The van der Waals surface area contributed by atoms with Crippen LogP contribution < -0.4 is 0 Å². The first kappa shape index (κ1) is 18.1. The Kier molecular flexibility index (Phi) is 4.96. The van der Waals surface area contributed by atoms with Crippen LogP contribution in [0.25, 0.3) is 11.1 Å². The minimum Gasteiger partial charge on any atom is -0.467 e. The van der Waals surface area contributed by atoms with E-state index in [9.17, 15) is 13.2 Å². The van der Waals surface area contributed by atoms with E-state index in [0.29, 0.717) is 23.0 Å². The molecule has 1 atom stereocenters. The molecule has 7 nitrogen and oxygen atoms in total. The molecular formula is C18H18N2O5S2. The Balaban J connectivity index is 1.47. The Morgan fingerprint density at radius 3 is 2.81 bits per heavy atom. The maximum Gasteiger partial charge on any atom is 0.257 e. The van der Waals surface area contributed by atoms with Crippen molar-refractivity contribution in [1.82, 2.24) is 9.88 Å². The third kappa shape index (κ3) is 4.19. The summed E-state index contributed by atoms with van der Waals surface area (Å²) in [6, 6.07) is 10.6. The third-order valence-corrected chi connectivity index (χ3v) is 7.03. The average Bonchev–Trinajstić information content (AvgIpc) is 3.36. The normalized spacial score (nSPS) is 18.7. The quantitative estimate of drug-likeness (QED) is 0.581. The number of sulfone groups is 1. The van der Waals surface area contributed by atoms with Crippen molar-refractivity contribution in [1.29, 1.82) is 0 Å². The summed E-state index contributed by atoms with van der Waals surface area (Å²) >= 11 is 1.20. The number of carbonyl (C=O) groups is 1. The molecule has 1 aliphatic rings. The first-order valence-corrected chi connectivity index (χ1v) is 11.3. The van der Waals surface area contributed by atoms with Gasteiger partial charge in [0.1, 0.15) is 11.3 Å². The highest BCUT2D eigenvalue weighted by Gasteiger charge is 2.35. The molecule has 1 amide bonds. The molecule has 3 heterocycles. The molecule has 142 valence electrons. The molecule has 0 radical (unpaired) electrons. The van der Waals surface area contributed by atoms with E-state index in [-0.39, 0.29) is 35.8 Å². The zero-order valence-corrected chi connectivity index (χ0v) is 16.0. The number of benzene rings is 1. The Morgan fingerprint density at radius 1 is 1.26 bits per heavy atom. The molecule has 3 aromatic rings. The van der Waals surface area contributed by atoms with Gasteiger partial charge in [-0.25, -0.2) is 13.4 Å². The lowest BCUT2D eigenvalue weighted by atomic mass is 10.2. The maximum absolute atomic E-state index is 12.9. The van der Waals surface area contributed by atoms with Crippen molar-refractivity contribution >= 4 is 38.6 Å². The minimum atomic E-state index is -3.10. The van der Waals surface area contributed by atoms with Crippen LogP contribution >= 0.6 is 11.8 Å². The highest BCUT2D eigenvalue weighted by Crippen LogP contribution is 2.26. The second-order valence-electron chi connectivity index (χ2n) is 6.39. The van der Waals surface area contributed by atoms with Crippen molar-refractivity contribution in [3.8, 4) is 0 Å². The summed E-state index contributed by atoms with van der Waals surface area (Å²) in [5.41, 5.74) is 1.41. The van der Waals surface area contributed by atoms with Gasteiger partial charge in [-0.3, -0.25) is 4.79 Å². The predicted octanol–water partition coefficient (Wildman–Crippen LogP) is 2.73. The number of hydrogen-bond donors (Lipinski definition) is 0. The van der Waals surface area contributed by atoms with Crippen LogP contribution in [0.5, 0.6) is 0 Å². The third-order valence-electron chi connectivity index (χ3n) is 4.47. The van der Waals surface area contributed by atoms with E-state index >= 15 is 0 Å². The first-order chi connectivity index (χ1) is 13.0. The van der Waals surface area contributed by atoms with E-state index in [1.54, 1.807) is 17.0 Å². The lowest BCUT2D eigenvalue weighted by Gasteiger charge is -2.27. The van der Waals surface area contributed by atoms with E-state index in [1.807, 2.05) is 24.3 Å². The van der Waals surface area contributed by atoms with Gasteiger partial charge in [0.05, 0.1) is 30.1 Å². The van der Waals surface area contributed by atoms with Crippen molar-refractivity contribution in [3.05, 3.63) is 48.4 Å². The fourth-order valence-corrected chi connectivity index (χ4v) is 5.59. The molecular weight excluding hydrogens is 388 g/mol. The van der Waals surface area contributed by atoms with Gasteiger partial charge in [-0.15, -0.1) is 0 Å². The van der Waals surface area contributed by atoms with Crippen molar-refractivity contribution in [2.24, 2.45) is 0 Å². The van der Waals surface area contributed by atoms with Gasteiger partial charge < -0.3 is 13.7 Å². The Bertz CT molecular complexity index is 1010. The summed E-state index contributed by atoms with van der Waals surface area (Å²) < 4.78 is 34.7. The summed E-state index contributed by atoms with van der Waals surface area (Å²) in [7, 11) is -3.10. The average molecular weight is 406 g/mol. The Hall–Kier alpha value is -2.26. The number of oxazole rings is 1. The number of furan rings is 1. The van der Waals surface area contributed by atoms with Gasteiger partial charge in [0.2, 0.25) is 5.91 Å². The fourth-order valence-electron chi connectivity index (χ4n) is 3.13. The van der Waals surface area contributed by atoms with Crippen LogP contribution in [-0.2, 0) is 21.2 Å². The molecule has 9 heteroatoms. The number of hydrogen-bond acceptors (Lipinski definition) is 7. The van der Waals surface area contributed by atoms with E-state index < -0.39 is 9.84 Å². The minimum absolute atomic E-state index is 0.00694. The molecule has 4 rings (SSSR count). The number of carbonyl (C=O) groups excluding carboxylic acids is 1. The van der Waals surface area contributed by atoms with Crippen molar-refractivity contribution in [2.75, 3.05) is 17.3 Å². The number of rotatable bonds is 6. The summed E-state index contributed by atoms with van der Waals surface area (Å²) in [5, 5.41) is 0.418. The highest BCUT2D eigenvalue weighted by molar-refractivity contribution is 7.99. The molecule has 0 spiro atoms. The van der Waals surface area contributed by atoms with Crippen LogP contribution in [0.2, 0.25) is 0 Å². The van der Waals surface area contributed by atoms with Crippen LogP contribution in [0, 0.1) is 0 Å². The number of aromatic nitrogens is 1. The topological polar surface area (TPSA) is 93.6 Å². The number of para-hydroxylation sites is 2. The van der Waals surface area contributed by atoms with Gasteiger partial charge in [-0.05, 0) is 30.7 Å². The fraction of sp³-hybridized carbons (Fsp3) is 0.333. The molecule has 0 N–H and O–H groups in total. The van der Waals surface area contributed by atoms with Crippen molar-refractivity contribution < 1.29 is 22.0 Å². The van der Waals surface area contributed by atoms with Crippen LogP contribution in [0.15, 0.2) is 56.7 Å². The molecule has 1 saturated heterocycles. The summed E-state index contributed by atoms with van der Waals surface area (Å²) in [6.07, 6.45) is 1.98. The van der Waals surface area contributed by atoms with E-state index in [1.165, 1.54) is 18.0 Å². The van der Waals surface area contributed by atoms with Crippen LogP contribution in [-0.4, -0.2) is 47.5 Å². The number of thioether (sulfide) groups is 1. The molecule has 0 aliphatic carbocycles. The van der Waals surface area contributed by atoms with Crippen molar-refractivity contribution in [3.63, 3.8) is 0 Å². The highest BCUT2D eigenvalue weighted by atomic mass is 32.2. The largest absolute Gasteiger partial charge is 0.467 e. The van der Waals surface area contributed by atoms with Crippen LogP contribution in [0.3, 0.4) is 0 Å².